The predicted molar refractivity (Wildman–Crippen MR) is 94.2 cm³/mol. The Morgan fingerprint density at radius 3 is 2.57 bits per heavy atom. The number of hydrogen-bond donors (Lipinski definition) is 1. The van der Waals surface area contributed by atoms with Crippen LogP contribution in [0, 0.1) is 13.8 Å². The van der Waals surface area contributed by atoms with Gasteiger partial charge in [0, 0.05) is 25.0 Å². The molecule has 120 valence electrons. The average molecular weight is 309 g/mol. The smallest absolute Gasteiger partial charge is 0.257 e. The van der Waals surface area contributed by atoms with E-state index in [1.54, 1.807) is 6.20 Å². The van der Waals surface area contributed by atoms with Crippen molar-refractivity contribution in [2.75, 3.05) is 23.3 Å². The van der Waals surface area contributed by atoms with Gasteiger partial charge in [0.05, 0.1) is 17.4 Å². The monoisotopic (exact) mass is 309 g/mol. The minimum atomic E-state index is -0.111. The highest BCUT2D eigenvalue weighted by Gasteiger charge is 2.14. The highest BCUT2D eigenvalue weighted by Crippen LogP contribution is 2.21. The van der Waals surface area contributed by atoms with Crippen LogP contribution in [-0.4, -0.2) is 24.0 Å². The second-order valence-corrected chi connectivity index (χ2v) is 6.23. The van der Waals surface area contributed by atoms with Gasteiger partial charge >= 0.3 is 0 Å². The van der Waals surface area contributed by atoms with Gasteiger partial charge < -0.3 is 10.2 Å². The fraction of sp³-hybridized carbons (Fsp3) is 0.368. The average Bonchev–Trinajstić information content (AvgIpc) is 2.59. The van der Waals surface area contributed by atoms with Crippen LogP contribution in [0.5, 0.6) is 0 Å². The Morgan fingerprint density at radius 1 is 1.04 bits per heavy atom. The lowest BCUT2D eigenvalue weighted by Crippen LogP contribution is -2.29. The van der Waals surface area contributed by atoms with Gasteiger partial charge in [-0.2, -0.15) is 0 Å². The van der Waals surface area contributed by atoms with E-state index in [4.69, 9.17) is 0 Å². The van der Waals surface area contributed by atoms with E-state index in [1.807, 2.05) is 37.4 Å². The van der Waals surface area contributed by atoms with Crippen LogP contribution in [0.4, 0.5) is 11.4 Å². The molecule has 0 atom stereocenters. The zero-order chi connectivity index (χ0) is 16.2. The fourth-order valence-corrected chi connectivity index (χ4v) is 2.90. The molecule has 0 unspecified atom stereocenters. The summed E-state index contributed by atoms with van der Waals surface area (Å²) < 4.78 is 0. The highest BCUT2D eigenvalue weighted by atomic mass is 16.1. The molecule has 0 bridgehead atoms. The quantitative estimate of drug-likeness (QED) is 0.934. The van der Waals surface area contributed by atoms with E-state index >= 15 is 0 Å². The van der Waals surface area contributed by atoms with Crippen LogP contribution in [-0.2, 0) is 0 Å². The summed E-state index contributed by atoms with van der Waals surface area (Å²) in [6.07, 6.45) is 7.18. The Labute approximate surface area is 137 Å². The topological polar surface area (TPSA) is 45.2 Å². The van der Waals surface area contributed by atoms with E-state index in [2.05, 4.69) is 22.1 Å². The van der Waals surface area contributed by atoms with Gasteiger partial charge in [-0.15, -0.1) is 0 Å². The molecule has 2 aromatic rings. The summed E-state index contributed by atoms with van der Waals surface area (Å²) in [4.78, 5) is 19.0. The van der Waals surface area contributed by atoms with E-state index in [0.717, 1.165) is 24.5 Å². The van der Waals surface area contributed by atoms with Crippen molar-refractivity contribution in [1.29, 1.82) is 0 Å². The number of benzene rings is 1. The van der Waals surface area contributed by atoms with Crippen molar-refractivity contribution in [3.63, 3.8) is 0 Å². The first-order valence-corrected chi connectivity index (χ1v) is 8.22. The number of carbonyl (C=O) groups excluding carboxylic acids is 1. The normalized spacial score (nSPS) is 14.6. The standard InChI is InChI=1S/C19H23N3O/c1-14-6-7-17(10-15(14)2)21-19(23)16-11-18(13-20-12-16)22-8-4-3-5-9-22/h6-7,10-13H,3-5,8-9H2,1-2H3,(H,21,23). The molecular formula is C19H23N3O. The predicted octanol–water partition coefficient (Wildman–Crippen LogP) is 3.94. The molecule has 1 saturated heterocycles. The van der Waals surface area contributed by atoms with Crippen molar-refractivity contribution >= 4 is 17.3 Å². The first-order chi connectivity index (χ1) is 11.1. The number of rotatable bonds is 3. The maximum absolute atomic E-state index is 12.5. The summed E-state index contributed by atoms with van der Waals surface area (Å²) in [6, 6.07) is 7.89. The summed E-state index contributed by atoms with van der Waals surface area (Å²) in [5.41, 5.74) is 4.85. The van der Waals surface area contributed by atoms with Gasteiger partial charge in [-0.3, -0.25) is 9.78 Å². The van der Waals surface area contributed by atoms with Crippen molar-refractivity contribution in [3.05, 3.63) is 53.3 Å². The fourth-order valence-electron chi connectivity index (χ4n) is 2.90. The lowest BCUT2D eigenvalue weighted by atomic mass is 10.1. The third kappa shape index (κ3) is 3.70. The van der Waals surface area contributed by atoms with Crippen LogP contribution in [0.25, 0.3) is 0 Å². The first kappa shape index (κ1) is 15.5. The van der Waals surface area contributed by atoms with Gasteiger partial charge in [0.1, 0.15) is 0 Å². The van der Waals surface area contributed by atoms with Crippen molar-refractivity contribution in [3.8, 4) is 0 Å². The van der Waals surface area contributed by atoms with Crippen molar-refractivity contribution in [1.82, 2.24) is 4.98 Å². The SMILES string of the molecule is Cc1ccc(NC(=O)c2cncc(N3CCCCC3)c2)cc1C. The summed E-state index contributed by atoms with van der Waals surface area (Å²) in [7, 11) is 0. The lowest BCUT2D eigenvalue weighted by molar-refractivity contribution is 0.102. The van der Waals surface area contributed by atoms with Gasteiger partial charge in [-0.05, 0) is 62.4 Å². The van der Waals surface area contributed by atoms with E-state index in [1.165, 1.54) is 30.4 Å². The molecule has 1 aromatic carbocycles. The highest BCUT2D eigenvalue weighted by molar-refractivity contribution is 6.04. The number of aryl methyl sites for hydroxylation is 2. The maximum Gasteiger partial charge on any atom is 0.257 e. The minimum Gasteiger partial charge on any atom is -0.370 e. The lowest BCUT2D eigenvalue weighted by Gasteiger charge is -2.28. The second kappa shape index (κ2) is 6.82. The van der Waals surface area contributed by atoms with Crippen LogP contribution in [0.3, 0.4) is 0 Å². The second-order valence-electron chi connectivity index (χ2n) is 6.23. The minimum absolute atomic E-state index is 0.111. The number of hydrogen-bond acceptors (Lipinski definition) is 3. The van der Waals surface area contributed by atoms with Crippen LogP contribution in [0.15, 0.2) is 36.7 Å². The van der Waals surface area contributed by atoms with Gasteiger partial charge in [-0.1, -0.05) is 6.07 Å². The molecule has 0 aliphatic carbocycles. The molecule has 1 aromatic heterocycles. The van der Waals surface area contributed by atoms with Gasteiger partial charge in [0.25, 0.3) is 5.91 Å². The molecule has 4 heteroatoms. The van der Waals surface area contributed by atoms with Crippen LogP contribution < -0.4 is 10.2 Å². The zero-order valence-corrected chi connectivity index (χ0v) is 13.8. The summed E-state index contributed by atoms with van der Waals surface area (Å²) >= 11 is 0. The van der Waals surface area contributed by atoms with Crippen LogP contribution >= 0.6 is 0 Å². The molecule has 2 heterocycles. The van der Waals surface area contributed by atoms with Crippen LogP contribution in [0.2, 0.25) is 0 Å². The number of piperidine rings is 1. The first-order valence-electron chi connectivity index (χ1n) is 8.22. The Morgan fingerprint density at radius 2 is 1.83 bits per heavy atom. The molecule has 0 saturated carbocycles. The Kier molecular flexibility index (Phi) is 4.60. The molecule has 3 rings (SSSR count). The molecule has 1 aliphatic rings. The largest absolute Gasteiger partial charge is 0.370 e. The third-order valence-corrected chi connectivity index (χ3v) is 4.47. The van der Waals surface area contributed by atoms with Gasteiger partial charge in [-0.25, -0.2) is 0 Å². The number of anilines is 2. The molecule has 23 heavy (non-hydrogen) atoms. The maximum atomic E-state index is 12.5. The van der Waals surface area contributed by atoms with Crippen molar-refractivity contribution < 1.29 is 4.79 Å². The Hall–Kier alpha value is -2.36. The van der Waals surface area contributed by atoms with Crippen molar-refractivity contribution in [2.45, 2.75) is 33.1 Å². The van der Waals surface area contributed by atoms with Crippen LogP contribution in [0.1, 0.15) is 40.7 Å². The molecule has 0 spiro atoms. The molecule has 4 nitrogen and oxygen atoms in total. The third-order valence-electron chi connectivity index (χ3n) is 4.47. The van der Waals surface area contributed by atoms with Crippen molar-refractivity contribution in [2.24, 2.45) is 0 Å². The number of nitrogens with one attached hydrogen (secondary N) is 1. The summed E-state index contributed by atoms with van der Waals surface area (Å²) in [6.45, 7) is 6.20. The number of amides is 1. The number of carbonyl (C=O) groups is 1. The molecule has 1 fully saturated rings. The van der Waals surface area contributed by atoms with E-state index < -0.39 is 0 Å². The summed E-state index contributed by atoms with van der Waals surface area (Å²) in [5.74, 6) is -0.111. The molecule has 1 N–H and O–H groups in total. The number of nitrogens with zero attached hydrogens (tertiary/aromatic N) is 2. The molecule has 1 amide bonds. The van der Waals surface area contributed by atoms with E-state index in [0.29, 0.717) is 5.56 Å². The molecule has 0 radical (unpaired) electrons. The molecular weight excluding hydrogens is 286 g/mol. The zero-order valence-electron chi connectivity index (χ0n) is 13.8. The Balaban J connectivity index is 1.75. The van der Waals surface area contributed by atoms with E-state index in [9.17, 15) is 4.79 Å². The Bertz CT molecular complexity index is 706. The number of aromatic nitrogens is 1. The van der Waals surface area contributed by atoms with E-state index in [-0.39, 0.29) is 5.91 Å². The summed E-state index contributed by atoms with van der Waals surface area (Å²) in [5, 5.41) is 2.96. The molecule has 1 aliphatic heterocycles. The van der Waals surface area contributed by atoms with Gasteiger partial charge in [0.2, 0.25) is 0 Å². The number of pyridine rings is 1. The van der Waals surface area contributed by atoms with Gasteiger partial charge in [0.15, 0.2) is 0 Å².